The van der Waals surface area contributed by atoms with E-state index in [1.807, 2.05) is 0 Å². The van der Waals surface area contributed by atoms with Crippen LogP contribution in [0.5, 0.6) is 11.5 Å². The van der Waals surface area contributed by atoms with Gasteiger partial charge >= 0.3 is 5.97 Å². The van der Waals surface area contributed by atoms with Crippen molar-refractivity contribution in [3.63, 3.8) is 0 Å². The van der Waals surface area contributed by atoms with E-state index in [2.05, 4.69) is 20.7 Å². The van der Waals surface area contributed by atoms with Crippen molar-refractivity contribution in [2.75, 3.05) is 14.2 Å². The Hall–Kier alpha value is -1.23. The number of ether oxygens (including phenoxy) is 2. The van der Waals surface area contributed by atoms with Gasteiger partial charge in [-0.2, -0.15) is 0 Å². The van der Waals surface area contributed by atoms with Crippen molar-refractivity contribution >= 4 is 21.9 Å². The summed E-state index contributed by atoms with van der Waals surface area (Å²) in [5.74, 6) is -0.302. The molecule has 0 fully saturated rings. The number of phenols is 1. The summed E-state index contributed by atoms with van der Waals surface area (Å²) >= 11 is 3.10. The Labute approximate surface area is 89.6 Å². The average molecular weight is 261 g/mol. The highest BCUT2D eigenvalue weighted by Gasteiger charge is 2.13. The van der Waals surface area contributed by atoms with Crippen LogP contribution in [0.1, 0.15) is 10.4 Å². The van der Waals surface area contributed by atoms with Crippen molar-refractivity contribution in [3.05, 3.63) is 22.2 Å². The molecule has 0 spiro atoms. The summed E-state index contributed by atoms with van der Waals surface area (Å²) in [6.07, 6.45) is 0. The molecule has 14 heavy (non-hydrogen) atoms. The van der Waals surface area contributed by atoms with Gasteiger partial charge in [-0.15, -0.1) is 0 Å². The lowest BCUT2D eigenvalue weighted by atomic mass is 10.2. The Morgan fingerprint density at radius 1 is 1.43 bits per heavy atom. The number of phenolic OH excluding ortho intramolecular Hbond substituents is 1. The van der Waals surface area contributed by atoms with Gasteiger partial charge in [0.25, 0.3) is 0 Å². The van der Waals surface area contributed by atoms with E-state index in [0.717, 1.165) is 0 Å². The fourth-order valence-corrected chi connectivity index (χ4v) is 1.41. The van der Waals surface area contributed by atoms with Gasteiger partial charge in [-0.25, -0.2) is 4.79 Å². The maximum Gasteiger partial charge on any atom is 0.338 e. The molecule has 76 valence electrons. The quantitative estimate of drug-likeness (QED) is 0.826. The number of methoxy groups -OCH3 is 2. The summed E-state index contributed by atoms with van der Waals surface area (Å²) in [4.78, 5) is 11.2. The van der Waals surface area contributed by atoms with Crippen LogP contribution in [-0.2, 0) is 4.74 Å². The predicted octanol–water partition coefficient (Wildman–Crippen LogP) is 1.95. The first-order valence-corrected chi connectivity index (χ1v) is 4.54. The van der Waals surface area contributed by atoms with Crippen LogP contribution in [0.4, 0.5) is 0 Å². The first-order chi connectivity index (χ1) is 6.60. The minimum Gasteiger partial charge on any atom is -0.503 e. The van der Waals surface area contributed by atoms with E-state index in [1.54, 1.807) is 0 Å². The second-order valence-electron chi connectivity index (χ2n) is 2.50. The van der Waals surface area contributed by atoms with Crippen LogP contribution in [0.3, 0.4) is 0 Å². The van der Waals surface area contributed by atoms with Crippen LogP contribution in [0, 0.1) is 0 Å². The van der Waals surface area contributed by atoms with Crippen molar-refractivity contribution in [2.24, 2.45) is 0 Å². The number of carbonyl (C=O) groups is 1. The Morgan fingerprint density at radius 2 is 2.07 bits per heavy atom. The minimum absolute atomic E-state index is 0.0415. The average Bonchev–Trinajstić information content (AvgIpc) is 2.20. The highest BCUT2D eigenvalue weighted by atomic mass is 79.9. The molecule has 0 aliphatic carbocycles. The maximum atomic E-state index is 11.2. The molecular formula is C9H9BrO4. The maximum absolute atomic E-state index is 11.2. The number of carbonyl (C=O) groups excluding carboxylic acids is 1. The molecule has 0 aromatic heterocycles. The SMILES string of the molecule is COC(=O)c1cc(Br)c(O)c(OC)c1. The minimum atomic E-state index is -0.482. The lowest BCUT2D eigenvalue weighted by Crippen LogP contribution is -2.01. The summed E-state index contributed by atoms with van der Waals surface area (Å²) in [6.45, 7) is 0. The van der Waals surface area contributed by atoms with Crippen LogP contribution in [0.2, 0.25) is 0 Å². The highest BCUT2D eigenvalue weighted by Crippen LogP contribution is 2.35. The van der Waals surface area contributed by atoms with Crippen molar-refractivity contribution in [3.8, 4) is 11.5 Å². The molecule has 0 amide bonds. The van der Waals surface area contributed by atoms with Crippen molar-refractivity contribution < 1.29 is 19.4 Å². The van der Waals surface area contributed by atoms with Crippen LogP contribution in [-0.4, -0.2) is 25.3 Å². The van der Waals surface area contributed by atoms with Gasteiger partial charge in [-0.05, 0) is 28.1 Å². The first kappa shape index (κ1) is 10.8. The molecule has 5 heteroatoms. The second-order valence-corrected chi connectivity index (χ2v) is 3.35. The van der Waals surface area contributed by atoms with E-state index in [-0.39, 0.29) is 11.5 Å². The van der Waals surface area contributed by atoms with E-state index in [4.69, 9.17) is 4.74 Å². The summed E-state index contributed by atoms with van der Waals surface area (Å²) in [5, 5.41) is 9.45. The number of rotatable bonds is 2. The normalized spacial score (nSPS) is 9.64. The number of hydrogen-bond donors (Lipinski definition) is 1. The fraction of sp³-hybridized carbons (Fsp3) is 0.222. The van der Waals surface area contributed by atoms with Crippen LogP contribution in [0.15, 0.2) is 16.6 Å². The van der Waals surface area contributed by atoms with Gasteiger partial charge < -0.3 is 14.6 Å². The molecule has 0 unspecified atom stereocenters. The highest BCUT2D eigenvalue weighted by molar-refractivity contribution is 9.10. The predicted molar refractivity (Wildman–Crippen MR) is 53.7 cm³/mol. The lowest BCUT2D eigenvalue weighted by Gasteiger charge is -2.07. The number of halogens is 1. The topological polar surface area (TPSA) is 55.8 Å². The van der Waals surface area contributed by atoms with Crippen molar-refractivity contribution in [1.29, 1.82) is 0 Å². The summed E-state index contributed by atoms with van der Waals surface area (Å²) in [7, 11) is 2.69. The molecule has 0 saturated heterocycles. The van der Waals surface area contributed by atoms with E-state index >= 15 is 0 Å². The summed E-state index contributed by atoms with van der Waals surface area (Å²) < 4.78 is 9.79. The Balaban J connectivity index is 3.22. The summed E-state index contributed by atoms with van der Waals surface area (Å²) in [6, 6.07) is 2.87. The van der Waals surface area contributed by atoms with Crippen LogP contribution >= 0.6 is 15.9 Å². The van der Waals surface area contributed by atoms with Gasteiger partial charge in [-0.1, -0.05) is 0 Å². The lowest BCUT2D eigenvalue weighted by molar-refractivity contribution is 0.0600. The molecule has 0 radical (unpaired) electrons. The largest absolute Gasteiger partial charge is 0.503 e. The number of esters is 1. The molecular weight excluding hydrogens is 252 g/mol. The van der Waals surface area contributed by atoms with Gasteiger partial charge in [-0.3, -0.25) is 0 Å². The van der Waals surface area contributed by atoms with E-state index < -0.39 is 5.97 Å². The molecule has 0 atom stereocenters. The Morgan fingerprint density at radius 3 is 2.57 bits per heavy atom. The third-order valence-corrected chi connectivity index (χ3v) is 2.27. The van der Waals surface area contributed by atoms with Crippen molar-refractivity contribution in [1.82, 2.24) is 0 Å². The zero-order valence-corrected chi connectivity index (χ0v) is 9.29. The zero-order valence-electron chi connectivity index (χ0n) is 7.70. The van der Waals surface area contributed by atoms with Crippen molar-refractivity contribution in [2.45, 2.75) is 0 Å². The van der Waals surface area contributed by atoms with Gasteiger partial charge in [0, 0.05) is 0 Å². The zero-order chi connectivity index (χ0) is 10.7. The molecule has 4 nitrogen and oxygen atoms in total. The second kappa shape index (κ2) is 4.32. The molecule has 0 bridgehead atoms. The number of aromatic hydroxyl groups is 1. The van der Waals surface area contributed by atoms with Gasteiger partial charge in [0.05, 0.1) is 24.3 Å². The Bertz CT molecular complexity index is 362. The number of hydrogen-bond acceptors (Lipinski definition) is 4. The number of benzene rings is 1. The molecule has 1 aromatic carbocycles. The third kappa shape index (κ3) is 1.98. The van der Waals surface area contributed by atoms with E-state index in [1.165, 1.54) is 26.4 Å². The molecule has 0 aliphatic heterocycles. The van der Waals surface area contributed by atoms with Gasteiger partial charge in [0.1, 0.15) is 0 Å². The summed E-state index contributed by atoms with van der Waals surface area (Å²) in [5.41, 5.74) is 0.314. The Kier molecular flexibility index (Phi) is 3.35. The molecule has 1 aromatic rings. The smallest absolute Gasteiger partial charge is 0.338 e. The van der Waals surface area contributed by atoms with Crippen LogP contribution in [0.25, 0.3) is 0 Å². The first-order valence-electron chi connectivity index (χ1n) is 3.75. The fourth-order valence-electron chi connectivity index (χ4n) is 0.965. The van der Waals surface area contributed by atoms with Crippen LogP contribution < -0.4 is 4.74 Å². The third-order valence-electron chi connectivity index (χ3n) is 1.67. The molecule has 0 aliphatic rings. The van der Waals surface area contributed by atoms with Gasteiger partial charge in [0.2, 0.25) is 0 Å². The molecule has 1 rings (SSSR count). The molecule has 0 saturated carbocycles. The molecule has 1 N–H and O–H groups in total. The van der Waals surface area contributed by atoms with E-state index in [9.17, 15) is 9.90 Å². The van der Waals surface area contributed by atoms with Gasteiger partial charge in [0.15, 0.2) is 11.5 Å². The standard InChI is InChI=1S/C9H9BrO4/c1-13-7-4-5(9(12)14-2)3-6(10)8(7)11/h3-4,11H,1-2H3. The monoisotopic (exact) mass is 260 g/mol. The van der Waals surface area contributed by atoms with E-state index in [0.29, 0.717) is 10.0 Å². The molecule has 0 heterocycles.